The van der Waals surface area contributed by atoms with Crippen LogP contribution in [0, 0.1) is 0 Å². The Hall–Kier alpha value is -0.550. The number of hydrogen-bond acceptors (Lipinski definition) is 4. The molecular formula is C7H8O3S. The maximum atomic E-state index is 8.77. The van der Waals surface area contributed by atoms with Crippen molar-refractivity contribution in [3.63, 3.8) is 0 Å². The number of rotatable bonds is 2. The van der Waals surface area contributed by atoms with Gasteiger partial charge in [-0.15, -0.1) is 0 Å². The van der Waals surface area contributed by atoms with E-state index in [1.807, 2.05) is 0 Å². The second-order valence-electron chi connectivity index (χ2n) is 2.00. The molecule has 4 heteroatoms. The predicted molar refractivity (Wildman–Crippen MR) is 42.1 cm³/mol. The van der Waals surface area contributed by atoms with Crippen LogP contribution in [0.25, 0.3) is 0 Å². The third kappa shape index (κ3) is 1.94. The van der Waals surface area contributed by atoms with Crippen LogP contribution in [0.2, 0.25) is 0 Å². The molecule has 1 aromatic carbocycles. The van der Waals surface area contributed by atoms with E-state index in [-0.39, 0.29) is 0 Å². The van der Waals surface area contributed by atoms with Crippen LogP contribution in [0.15, 0.2) is 29.2 Å². The van der Waals surface area contributed by atoms with Crippen LogP contribution in [0.4, 0.5) is 0 Å². The summed E-state index contributed by atoms with van der Waals surface area (Å²) in [6.45, 7) is 0. The summed E-state index contributed by atoms with van der Waals surface area (Å²) in [5.74, 6) is 0. The minimum Gasteiger partial charge on any atom is -0.364 e. The van der Waals surface area contributed by atoms with E-state index >= 15 is 0 Å². The molecule has 0 radical (unpaired) electrons. The lowest BCUT2D eigenvalue weighted by Crippen LogP contribution is -1.96. The lowest BCUT2D eigenvalue weighted by atomic mass is 10.2. The van der Waals surface area contributed by atoms with E-state index in [2.05, 4.69) is 0 Å². The van der Waals surface area contributed by atoms with E-state index in [1.54, 1.807) is 24.3 Å². The van der Waals surface area contributed by atoms with Gasteiger partial charge in [0.1, 0.15) is 0 Å². The van der Waals surface area contributed by atoms with Crippen molar-refractivity contribution in [1.82, 2.24) is 0 Å². The van der Waals surface area contributed by atoms with E-state index in [4.69, 9.17) is 14.8 Å². The number of hydrogen-bond donors (Lipinski definition) is 3. The highest BCUT2D eigenvalue weighted by molar-refractivity contribution is 7.93. The third-order valence-electron chi connectivity index (χ3n) is 1.30. The molecule has 0 bridgehead atoms. The van der Waals surface area contributed by atoms with Crippen LogP contribution < -0.4 is 0 Å². The molecular weight excluding hydrogens is 164 g/mol. The van der Waals surface area contributed by atoms with Crippen molar-refractivity contribution < 1.29 is 14.8 Å². The first kappa shape index (κ1) is 8.55. The molecule has 60 valence electrons. The minimum atomic E-state index is -1.52. The third-order valence-corrected chi connectivity index (χ3v) is 1.86. The Balaban J connectivity index is 3.02. The number of benzene rings is 1. The lowest BCUT2D eigenvalue weighted by molar-refractivity contribution is -0.0445. The number of aliphatic hydroxyl groups is 2. The Kier molecular flexibility index (Phi) is 2.90. The van der Waals surface area contributed by atoms with E-state index in [0.717, 1.165) is 0 Å². The maximum Gasteiger partial charge on any atom is 0.179 e. The standard InChI is InChI=1S/C7H8O3S/c8-7(9)5-3-1-2-4-6(5)11-10/h1-4,7-10H. The molecule has 0 heterocycles. The molecule has 0 saturated heterocycles. The van der Waals surface area contributed by atoms with Gasteiger partial charge in [0.15, 0.2) is 6.29 Å². The van der Waals surface area contributed by atoms with Gasteiger partial charge in [-0.1, -0.05) is 18.2 Å². The molecule has 0 amide bonds. The summed E-state index contributed by atoms with van der Waals surface area (Å²) in [5, 5.41) is 17.5. The van der Waals surface area contributed by atoms with Gasteiger partial charge in [0.2, 0.25) is 0 Å². The highest BCUT2D eigenvalue weighted by Crippen LogP contribution is 2.23. The topological polar surface area (TPSA) is 60.7 Å². The van der Waals surface area contributed by atoms with Crippen LogP contribution in [-0.2, 0) is 0 Å². The fraction of sp³-hybridized carbons (Fsp3) is 0.143. The van der Waals surface area contributed by atoms with Crippen LogP contribution >= 0.6 is 12.0 Å². The first-order valence-electron chi connectivity index (χ1n) is 3.02. The molecule has 1 rings (SSSR count). The highest BCUT2D eigenvalue weighted by atomic mass is 32.2. The summed E-state index contributed by atoms with van der Waals surface area (Å²) >= 11 is 0.504. The van der Waals surface area contributed by atoms with Crippen molar-refractivity contribution in [2.75, 3.05) is 0 Å². The molecule has 1 aromatic rings. The van der Waals surface area contributed by atoms with Crippen LogP contribution in [0.5, 0.6) is 0 Å². The predicted octanol–water partition coefficient (Wildman–Crippen LogP) is 1.23. The first-order valence-corrected chi connectivity index (χ1v) is 3.79. The van der Waals surface area contributed by atoms with Gasteiger partial charge < -0.3 is 14.8 Å². The van der Waals surface area contributed by atoms with Crippen LogP contribution in [0.3, 0.4) is 0 Å². The normalized spacial score (nSPS) is 10.5. The Morgan fingerprint density at radius 1 is 1.18 bits per heavy atom. The van der Waals surface area contributed by atoms with Crippen molar-refractivity contribution in [2.24, 2.45) is 0 Å². The molecule has 3 N–H and O–H groups in total. The van der Waals surface area contributed by atoms with Gasteiger partial charge >= 0.3 is 0 Å². The van der Waals surface area contributed by atoms with Gasteiger partial charge in [-0.3, -0.25) is 0 Å². The van der Waals surface area contributed by atoms with Crippen LogP contribution in [-0.4, -0.2) is 14.8 Å². The Morgan fingerprint density at radius 3 is 2.27 bits per heavy atom. The summed E-state index contributed by atoms with van der Waals surface area (Å²) < 4.78 is 8.66. The fourth-order valence-corrected chi connectivity index (χ4v) is 1.20. The van der Waals surface area contributed by atoms with E-state index in [0.29, 0.717) is 22.5 Å². The smallest absolute Gasteiger partial charge is 0.179 e. The van der Waals surface area contributed by atoms with Gasteiger partial charge in [0, 0.05) is 22.5 Å². The molecule has 0 aliphatic heterocycles. The average Bonchev–Trinajstić information content (AvgIpc) is 2.04. The molecule has 3 nitrogen and oxygen atoms in total. The van der Waals surface area contributed by atoms with Crippen molar-refractivity contribution in [1.29, 1.82) is 0 Å². The van der Waals surface area contributed by atoms with Gasteiger partial charge in [0.05, 0.1) is 0 Å². The molecule has 0 unspecified atom stereocenters. The molecule has 11 heavy (non-hydrogen) atoms. The van der Waals surface area contributed by atoms with Crippen molar-refractivity contribution in [3.8, 4) is 0 Å². The molecule has 0 fully saturated rings. The summed E-state index contributed by atoms with van der Waals surface area (Å²) in [7, 11) is 0. The highest BCUT2D eigenvalue weighted by Gasteiger charge is 2.07. The molecule has 0 aliphatic carbocycles. The fourth-order valence-electron chi connectivity index (χ4n) is 0.777. The zero-order valence-electron chi connectivity index (χ0n) is 5.64. The summed E-state index contributed by atoms with van der Waals surface area (Å²) in [4.78, 5) is 0.461. The maximum absolute atomic E-state index is 8.77. The van der Waals surface area contributed by atoms with Crippen molar-refractivity contribution in [3.05, 3.63) is 29.8 Å². The molecule has 0 atom stereocenters. The van der Waals surface area contributed by atoms with Crippen LogP contribution in [0.1, 0.15) is 11.9 Å². The molecule has 0 aromatic heterocycles. The van der Waals surface area contributed by atoms with Gasteiger partial charge in [0.25, 0.3) is 0 Å². The molecule has 0 spiro atoms. The van der Waals surface area contributed by atoms with E-state index in [1.165, 1.54) is 0 Å². The summed E-state index contributed by atoms with van der Waals surface area (Å²) in [5.41, 5.74) is 0.319. The molecule has 0 aliphatic rings. The quantitative estimate of drug-likeness (QED) is 0.464. The Bertz CT molecular complexity index is 237. The first-order chi connectivity index (χ1) is 5.25. The zero-order chi connectivity index (χ0) is 8.27. The summed E-state index contributed by atoms with van der Waals surface area (Å²) in [6.07, 6.45) is -1.52. The second-order valence-corrected chi connectivity index (χ2v) is 2.63. The van der Waals surface area contributed by atoms with Gasteiger partial charge in [-0.2, -0.15) is 0 Å². The van der Waals surface area contributed by atoms with Crippen molar-refractivity contribution in [2.45, 2.75) is 11.2 Å². The van der Waals surface area contributed by atoms with E-state index < -0.39 is 6.29 Å². The van der Waals surface area contributed by atoms with Gasteiger partial charge in [-0.25, -0.2) is 0 Å². The zero-order valence-corrected chi connectivity index (χ0v) is 6.45. The number of aliphatic hydroxyl groups excluding tert-OH is 1. The van der Waals surface area contributed by atoms with Gasteiger partial charge in [-0.05, 0) is 6.07 Å². The van der Waals surface area contributed by atoms with Crippen molar-refractivity contribution >= 4 is 12.0 Å². The minimum absolute atomic E-state index is 0.319. The lowest BCUT2D eigenvalue weighted by Gasteiger charge is -2.06. The largest absolute Gasteiger partial charge is 0.364 e. The average molecular weight is 172 g/mol. The Labute approximate surface area is 68.5 Å². The monoisotopic (exact) mass is 172 g/mol. The van der Waals surface area contributed by atoms with E-state index in [9.17, 15) is 0 Å². The second kappa shape index (κ2) is 3.73. The summed E-state index contributed by atoms with van der Waals surface area (Å²) in [6, 6.07) is 6.54. The Morgan fingerprint density at radius 2 is 1.82 bits per heavy atom. The SMILES string of the molecule is OSc1ccccc1C(O)O. The molecule has 0 saturated carbocycles.